The molecule has 0 amide bonds. The Balaban J connectivity index is 3.66. The average Bonchev–Trinajstić information content (AvgIpc) is 2.03. The molecule has 0 radical (unpaired) electrons. The fourth-order valence-electron chi connectivity index (χ4n) is 0.743. The lowest BCUT2D eigenvalue weighted by molar-refractivity contribution is -0.116. The molecule has 0 aliphatic heterocycles. The van der Waals surface area contributed by atoms with Gasteiger partial charge in [-0.1, -0.05) is 0 Å². The van der Waals surface area contributed by atoms with Gasteiger partial charge < -0.3 is 14.7 Å². The number of halogens is 1. The number of aliphatic hydroxyl groups is 1. The third-order valence-electron chi connectivity index (χ3n) is 1.34. The molecule has 1 N–H and O–H groups in total. The number of aliphatic hydroxyl groups excluding tert-OH is 1. The van der Waals surface area contributed by atoms with Crippen LogP contribution in [0, 0.1) is 5.92 Å². The van der Waals surface area contributed by atoms with E-state index in [4.69, 9.17) is 16.7 Å². The maximum Gasteiger partial charge on any atom is 0.123 e. The Morgan fingerprint density at radius 1 is 1.45 bits per heavy atom. The quantitative estimate of drug-likeness (QED) is 0.473. The highest BCUT2D eigenvalue weighted by Crippen LogP contribution is 2.08. The van der Waals surface area contributed by atoms with Gasteiger partial charge in [-0.25, -0.2) is 0 Å². The van der Waals surface area contributed by atoms with Crippen LogP contribution in [0.15, 0.2) is 0 Å². The van der Waals surface area contributed by atoms with E-state index < -0.39 is 6.10 Å². The fraction of sp³-hybridized carbons (Fsp3) is 0.714. The molecule has 0 aliphatic carbocycles. The van der Waals surface area contributed by atoms with Crippen molar-refractivity contribution in [2.24, 2.45) is 5.92 Å². The first-order chi connectivity index (χ1) is 5.24. The summed E-state index contributed by atoms with van der Waals surface area (Å²) in [5.74, 6) is -0.287. The smallest absolute Gasteiger partial charge is 0.123 e. The molecule has 2 unspecified atom stereocenters. The molecule has 0 spiro atoms. The Morgan fingerprint density at radius 3 is 2.45 bits per heavy atom. The molecule has 0 bridgehead atoms. The van der Waals surface area contributed by atoms with Crippen LogP contribution in [-0.2, 0) is 9.59 Å². The van der Waals surface area contributed by atoms with E-state index in [1.54, 1.807) is 0 Å². The highest BCUT2D eigenvalue weighted by Gasteiger charge is 2.11. The second kappa shape index (κ2) is 6.31. The van der Waals surface area contributed by atoms with Gasteiger partial charge in [0, 0.05) is 18.2 Å². The predicted molar refractivity (Wildman–Crippen MR) is 41.6 cm³/mol. The Bertz CT molecular complexity index is 127. The summed E-state index contributed by atoms with van der Waals surface area (Å²) in [6, 6.07) is 0. The van der Waals surface area contributed by atoms with Crippen molar-refractivity contribution in [2.45, 2.75) is 18.9 Å². The molecule has 0 aliphatic rings. The lowest BCUT2D eigenvalue weighted by Crippen LogP contribution is -2.16. The molecular formula is C7H11ClO3. The zero-order chi connectivity index (χ0) is 8.69. The largest absolute Gasteiger partial charge is 0.392 e. The van der Waals surface area contributed by atoms with E-state index in [1.165, 1.54) is 0 Å². The van der Waals surface area contributed by atoms with Gasteiger partial charge in [0.05, 0.1) is 6.10 Å². The molecule has 0 aromatic heterocycles. The van der Waals surface area contributed by atoms with Gasteiger partial charge in [-0.15, -0.1) is 11.6 Å². The van der Waals surface area contributed by atoms with E-state index in [9.17, 15) is 9.59 Å². The van der Waals surface area contributed by atoms with Crippen LogP contribution in [0.1, 0.15) is 12.8 Å². The van der Waals surface area contributed by atoms with Crippen LogP contribution in [0.4, 0.5) is 0 Å². The van der Waals surface area contributed by atoms with Crippen LogP contribution >= 0.6 is 11.6 Å². The summed E-state index contributed by atoms with van der Waals surface area (Å²) >= 11 is 5.30. The minimum absolute atomic E-state index is 0.100. The summed E-state index contributed by atoms with van der Waals surface area (Å²) in [5.41, 5.74) is 0. The van der Waals surface area contributed by atoms with E-state index in [1.807, 2.05) is 0 Å². The number of rotatable bonds is 6. The molecule has 4 heteroatoms. The topological polar surface area (TPSA) is 54.4 Å². The van der Waals surface area contributed by atoms with E-state index in [-0.39, 0.29) is 24.6 Å². The summed E-state index contributed by atoms with van der Waals surface area (Å²) in [7, 11) is 0. The number of hydrogen-bond donors (Lipinski definition) is 1. The summed E-state index contributed by atoms with van der Waals surface area (Å²) in [5, 5.41) is 8.98. The van der Waals surface area contributed by atoms with Crippen molar-refractivity contribution in [3.05, 3.63) is 0 Å². The van der Waals surface area contributed by atoms with E-state index in [0.717, 1.165) is 0 Å². The summed E-state index contributed by atoms with van der Waals surface area (Å²) in [4.78, 5) is 20.2. The van der Waals surface area contributed by atoms with Gasteiger partial charge in [0.15, 0.2) is 0 Å². The van der Waals surface area contributed by atoms with Gasteiger partial charge in [-0.3, -0.25) is 0 Å². The minimum Gasteiger partial charge on any atom is -0.392 e. The predicted octanol–water partition coefficient (Wildman–Crippen LogP) is 0.380. The van der Waals surface area contributed by atoms with E-state index >= 15 is 0 Å². The first-order valence-electron chi connectivity index (χ1n) is 3.37. The lowest BCUT2D eigenvalue weighted by atomic mass is 10.0. The number of aldehydes is 2. The van der Waals surface area contributed by atoms with E-state index in [2.05, 4.69) is 0 Å². The van der Waals surface area contributed by atoms with Crippen LogP contribution < -0.4 is 0 Å². The highest BCUT2D eigenvalue weighted by molar-refractivity contribution is 6.18. The van der Waals surface area contributed by atoms with Crippen LogP contribution in [0.25, 0.3) is 0 Å². The normalized spacial score (nSPS) is 15.5. The van der Waals surface area contributed by atoms with Crippen molar-refractivity contribution < 1.29 is 14.7 Å². The van der Waals surface area contributed by atoms with Gasteiger partial charge in [0.2, 0.25) is 0 Å². The monoisotopic (exact) mass is 178 g/mol. The first kappa shape index (κ1) is 10.6. The zero-order valence-corrected chi connectivity index (χ0v) is 6.83. The SMILES string of the molecule is O=CCC(C=O)CC(O)CCl. The van der Waals surface area contributed by atoms with Crippen molar-refractivity contribution in [3.63, 3.8) is 0 Å². The summed E-state index contributed by atoms with van der Waals surface area (Å²) in [6.07, 6.45) is 1.08. The fourth-order valence-corrected chi connectivity index (χ4v) is 0.869. The van der Waals surface area contributed by atoms with Crippen LogP contribution in [-0.4, -0.2) is 29.7 Å². The maximum absolute atomic E-state index is 10.2. The Hall–Kier alpha value is -0.410. The molecule has 2 atom stereocenters. The van der Waals surface area contributed by atoms with E-state index in [0.29, 0.717) is 12.6 Å². The second-order valence-corrected chi connectivity index (χ2v) is 2.65. The highest BCUT2D eigenvalue weighted by atomic mass is 35.5. The van der Waals surface area contributed by atoms with Gasteiger partial charge >= 0.3 is 0 Å². The molecule has 0 fully saturated rings. The van der Waals surface area contributed by atoms with Crippen LogP contribution in [0.2, 0.25) is 0 Å². The molecule has 0 heterocycles. The molecule has 3 nitrogen and oxygen atoms in total. The number of carbonyl (C=O) groups excluding carboxylic acids is 2. The maximum atomic E-state index is 10.2. The van der Waals surface area contributed by atoms with Gasteiger partial charge in [0.1, 0.15) is 12.6 Å². The molecule has 64 valence electrons. The molecular weight excluding hydrogens is 168 g/mol. The number of hydrogen-bond acceptors (Lipinski definition) is 3. The molecule has 0 aromatic rings. The molecule has 0 saturated carbocycles. The molecule has 11 heavy (non-hydrogen) atoms. The Labute approximate surface area is 70.3 Å². The zero-order valence-electron chi connectivity index (χ0n) is 6.07. The standard InChI is InChI=1S/C7H11ClO3/c8-4-7(11)3-6(5-10)1-2-9/h2,5-7,11H,1,3-4H2. The van der Waals surface area contributed by atoms with Crippen molar-refractivity contribution >= 4 is 24.2 Å². The molecule has 0 saturated heterocycles. The number of carbonyl (C=O) groups is 2. The minimum atomic E-state index is -0.688. The Morgan fingerprint density at radius 2 is 2.09 bits per heavy atom. The van der Waals surface area contributed by atoms with Crippen LogP contribution in [0.3, 0.4) is 0 Å². The third kappa shape index (κ3) is 4.93. The Kier molecular flexibility index (Phi) is 6.07. The molecule has 0 aromatic carbocycles. The van der Waals surface area contributed by atoms with Crippen LogP contribution in [0.5, 0.6) is 0 Å². The summed E-state index contributed by atoms with van der Waals surface area (Å²) < 4.78 is 0. The van der Waals surface area contributed by atoms with Crippen molar-refractivity contribution in [1.82, 2.24) is 0 Å². The van der Waals surface area contributed by atoms with Gasteiger partial charge in [-0.2, -0.15) is 0 Å². The van der Waals surface area contributed by atoms with Crippen molar-refractivity contribution in [3.8, 4) is 0 Å². The first-order valence-corrected chi connectivity index (χ1v) is 3.91. The second-order valence-electron chi connectivity index (χ2n) is 2.34. The van der Waals surface area contributed by atoms with Gasteiger partial charge in [0.25, 0.3) is 0 Å². The lowest BCUT2D eigenvalue weighted by Gasteiger charge is -2.09. The van der Waals surface area contributed by atoms with Crippen molar-refractivity contribution in [2.75, 3.05) is 5.88 Å². The average molecular weight is 179 g/mol. The third-order valence-corrected chi connectivity index (χ3v) is 1.70. The van der Waals surface area contributed by atoms with Gasteiger partial charge in [-0.05, 0) is 6.42 Å². The summed E-state index contributed by atoms with van der Waals surface area (Å²) in [6.45, 7) is 0. The molecule has 0 rings (SSSR count). The van der Waals surface area contributed by atoms with Crippen molar-refractivity contribution in [1.29, 1.82) is 0 Å². The number of alkyl halides is 1.